The van der Waals surface area contributed by atoms with Crippen LogP contribution in [0.3, 0.4) is 0 Å². The molecular formula is C17H25FN2O3S. The van der Waals surface area contributed by atoms with E-state index in [2.05, 4.69) is 5.32 Å². The highest BCUT2D eigenvalue weighted by atomic mass is 32.2. The van der Waals surface area contributed by atoms with Gasteiger partial charge in [0.25, 0.3) is 0 Å². The standard InChI is InChI=1S/C17H25FN2O3S/c1-23-11-15-10-20(13-17(15)5-7-19-8-6-17)24(21,22)12-14-3-2-4-16(18)9-14/h2-4,9,15,19H,5-8,10-13H2,1H3. The third-order valence-corrected chi connectivity index (χ3v) is 7.14. The fourth-order valence-corrected chi connectivity index (χ4v) is 5.69. The molecule has 1 spiro atoms. The molecule has 1 N–H and O–H groups in total. The molecule has 3 rings (SSSR count). The molecule has 0 bridgehead atoms. The van der Waals surface area contributed by atoms with E-state index in [1.165, 1.54) is 12.1 Å². The molecule has 1 unspecified atom stereocenters. The average Bonchev–Trinajstić information content (AvgIpc) is 2.87. The number of methoxy groups -OCH3 is 1. The van der Waals surface area contributed by atoms with E-state index in [1.807, 2.05) is 0 Å². The fraction of sp³-hybridized carbons (Fsp3) is 0.647. The molecule has 2 aliphatic rings. The summed E-state index contributed by atoms with van der Waals surface area (Å²) in [5.41, 5.74) is 0.487. The van der Waals surface area contributed by atoms with Gasteiger partial charge in [0.1, 0.15) is 5.82 Å². The van der Waals surface area contributed by atoms with Crippen LogP contribution in [0.15, 0.2) is 24.3 Å². The Kier molecular flexibility index (Phi) is 5.24. The molecule has 0 saturated carbocycles. The second kappa shape index (κ2) is 7.07. The second-order valence-corrected chi connectivity index (χ2v) is 8.91. The van der Waals surface area contributed by atoms with Crippen LogP contribution in [0.2, 0.25) is 0 Å². The molecular weight excluding hydrogens is 331 g/mol. The Morgan fingerprint density at radius 3 is 2.79 bits per heavy atom. The molecule has 2 fully saturated rings. The predicted octanol–water partition coefficient (Wildman–Crippen LogP) is 1.60. The molecule has 2 heterocycles. The van der Waals surface area contributed by atoms with Gasteiger partial charge in [-0.2, -0.15) is 0 Å². The molecule has 2 saturated heterocycles. The Bertz CT molecular complexity index is 674. The smallest absolute Gasteiger partial charge is 0.218 e. The quantitative estimate of drug-likeness (QED) is 0.871. The minimum Gasteiger partial charge on any atom is -0.384 e. The third-order valence-electron chi connectivity index (χ3n) is 5.38. The molecule has 1 aromatic carbocycles. The maximum Gasteiger partial charge on any atom is 0.218 e. The topological polar surface area (TPSA) is 58.6 Å². The minimum atomic E-state index is -3.47. The summed E-state index contributed by atoms with van der Waals surface area (Å²) in [7, 11) is -1.80. The van der Waals surface area contributed by atoms with Crippen molar-refractivity contribution in [2.45, 2.75) is 18.6 Å². The van der Waals surface area contributed by atoms with Crippen molar-refractivity contribution in [1.29, 1.82) is 0 Å². The summed E-state index contributed by atoms with van der Waals surface area (Å²) in [4.78, 5) is 0. The number of rotatable bonds is 5. The molecule has 2 aliphatic heterocycles. The molecule has 134 valence electrons. The van der Waals surface area contributed by atoms with Crippen molar-refractivity contribution in [3.8, 4) is 0 Å². The summed E-state index contributed by atoms with van der Waals surface area (Å²) in [5.74, 6) is -0.346. The SMILES string of the molecule is COCC1CN(S(=O)(=O)Cc2cccc(F)c2)CC12CCNCC2. The maximum absolute atomic E-state index is 13.3. The summed E-state index contributed by atoms with van der Waals surface area (Å²) in [6.07, 6.45) is 1.93. The van der Waals surface area contributed by atoms with E-state index < -0.39 is 15.8 Å². The van der Waals surface area contributed by atoms with Crippen LogP contribution in [-0.4, -0.2) is 52.6 Å². The first-order valence-corrected chi connectivity index (χ1v) is 9.98. The molecule has 1 aromatic rings. The van der Waals surface area contributed by atoms with Crippen LogP contribution in [0.5, 0.6) is 0 Å². The van der Waals surface area contributed by atoms with E-state index in [0.717, 1.165) is 25.9 Å². The molecule has 24 heavy (non-hydrogen) atoms. The van der Waals surface area contributed by atoms with Crippen molar-refractivity contribution in [1.82, 2.24) is 9.62 Å². The summed E-state index contributed by atoms with van der Waals surface area (Å²) >= 11 is 0. The van der Waals surface area contributed by atoms with E-state index in [-0.39, 0.29) is 17.1 Å². The average molecular weight is 356 g/mol. The summed E-state index contributed by atoms with van der Waals surface area (Å²) in [5, 5.41) is 3.35. The van der Waals surface area contributed by atoms with Crippen LogP contribution < -0.4 is 5.32 Å². The van der Waals surface area contributed by atoms with Gasteiger partial charge in [-0.3, -0.25) is 0 Å². The Hall–Kier alpha value is -1.02. The van der Waals surface area contributed by atoms with Crippen molar-refractivity contribution >= 4 is 10.0 Å². The molecule has 0 radical (unpaired) electrons. The highest BCUT2D eigenvalue weighted by Gasteiger charge is 2.49. The number of benzene rings is 1. The number of halogens is 1. The van der Waals surface area contributed by atoms with E-state index in [4.69, 9.17) is 4.74 Å². The van der Waals surface area contributed by atoms with Crippen molar-refractivity contribution < 1.29 is 17.5 Å². The van der Waals surface area contributed by atoms with Crippen molar-refractivity contribution in [3.05, 3.63) is 35.6 Å². The van der Waals surface area contributed by atoms with E-state index in [9.17, 15) is 12.8 Å². The fourth-order valence-electron chi connectivity index (χ4n) is 4.05. The summed E-state index contributed by atoms with van der Waals surface area (Å²) in [6, 6.07) is 5.82. The highest BCUT2D eigenvalue weighted by molar-refractivity contribution is 7.88. The van der Waals surface area contributed by atoms with Gasteiger partial charge >= 0.3 is 0 Å². The van der Waals surface area contributed by atoms with Crippen LogP contribution in [0.1, 0.15) is 18.4 Å². The maximum atomic E-state index is 13.3. The van der Waals surface area contributed by atoms with Crippen molar-refractivity contribution in [3.63, 3.8) is 0 Å². The van der Waals surface area contributed by atoms with Gasteiger partial charge < -0.3 is 10.1 Å². The predicted molar refractivity (Wildman–Crippen MR) is 90.5 cm³/mol. The first-order valence-electron chi connectivity index (χ1n) is 8.37. The third kappa shape index (κ3) is 3.64. The zero-order valence-electron chi connectivity index (χ0n) is 14.0. The van der Waals surface area contributed by atoms with Crippen LogP contribution in [-0.2, 0) is 20.5 Å². The summed E-state index contributed by atoms with van der Waals surface area (Å²) < 4.78 is 46.0. The molecule has 7 heteroatoms. The van der Waals surface area contributed by atoms with Gasteiger partial charge in [0.2, 0.25) is 10.0 Å². The van der Waals surface area contributed by atoms with E-state index in [0.29, 0.717) is 25.3 Å². The second-order valence-electron chi connectivity index (χ2n) is 6.94. The van der Waals surface area contributed by atoms with Gasteiger partial charge in [0.05, 0.1) is 12.4 Å². The Labute approximate surface area is 143 Å². The molecule has 1 atom stereocenters. The molecule has 0 aliphatic carbocycles. The zero-order valence-corrected chi connectivity index (χ0v) is 14.8. The number of ether oxygens (including phenoxy) is 1. The first kappa shape index (κ1) is 17.8. The van der Waals surface area contributed by atoms with Crippen LogP contribution >= 0.6 is 0 Å². The number of nitrogens with zero attached hydrogens (tertiary/aromatic N) is 1. The normalized spacial score (nSPS) is 24.5. The van der Waals surface area contributed by atoms with Gasteiger partial charge in [-0.15, -0.1) is 0 Å². The van der Waals surface area contributed by atoms with E-state index >= 15 is 0 Å². The van der Waals surface area contributed by atoms with Crippen LogP contribution in [0.25, 0.3) is 0 Å². The molecule has 0 amide bonds. The number of sulfonamides is 1. The Morgan fingerprint density at radius 1 is 1.38 bits per heavy atom. The van der Waals surface area contributed by atoms with Crippen molar-refractivity contribution in [2.24, 2.45) is 11.3 Å². The van der Waals surface area contributed by atoms with Gasteiger partial charge in [0.15, 0.2) is 0 Å². The van der Waals surface area contributed by atoms with Gasteiger partial charge in [0, 0.05) is 26.1 Å². The minimum absolute atomic E-state index is 0.00370. The van der Waals surface area contributed by atoms with Crippen LogP contribution in [0.4, 0.5) is 4.39 Å². The Balaban J connectivity index is 1.78. The summed E-state index contributed by atoms with van der Waals surface area (Å²) in [6.45, 7) is 3.44. The number of nitrogens with one attached hydrogen (secondary N) is 1. The highest BCUT2D eigenvalue weighted by Crippen LogP contribution is 2.44. The number of piperidine rings is 1. The molecule has 0 aromatic heterocycles. The largest absolute Gasteiger partial charge is 0.384 e. The lowest BCUT2D eigenvalue weighted by molar-refractivity contribution is 0.0718. The first-order chi connectivity index (χ1) is 11.5. The van der Waals surface area contributed by atoms with Gasteiger partial charge in [-0.05, 0) is 49.0 Å². The number of hydrogen-bond acceptors (Lipinski definition) is 4. The van der Waals surface area contributed by atoms with E-state index in [1.54, 1.807) is 23.5 Å². The molecule has 5 nitrogen and oxygen atoms in total. The monoisotopic (exact) mass is 356 g/mol. The Morgan fingerprint density at radius 2 is 2.12 bits per heavy atom. The van der Waals surface area contributed by atoms with Crippen molar-refractivity contribution in [2.75, 3.05) is 39.9 Å². The zero-order chi connectivity index (χ0) is 17.2. The number of hydrogen-bond donors (Lipinski definition) is 1. The van der Waals surface area contributed by atoms with Gasteiger partial charge in [-0.25, -0.2) is 17.1 Å². The van der Waals surface area contributed by atoms with Gasteiger partial charge in [-0.1, -0.05) is 12.1 Å². The lowest BCUT2D eigenvalue weighted by Gasteiger charge is -2.38. The van der Waals surface area contributed by atoms with Crippen LogP contribution in [0, 0.1) is 17.2 Å². The lowest BCUT2D eigenvalue weighted by atomic mass is 9.71. The lowest BCUT2D eigenvalue weighted by Crippen LogP contribution is -2.43.